The highest BCUT2D eigenvalue weighted by molar-refractivity contribution is 8.14. The molecule has 0 aliphatic carbocycles. The number of carbonyl (C=O) groups is 3. The van der Waals surface area contributed by atoms with Crippen LogP contribution in [-0.4, -0.2) is 154 Å². The number of ether oxygens (including phenoxy) is 1. The fourth-order valence-corrected chi connectivity index (χ4v) is 13.1. The summed E-state index contributed by atoms with van der Waals surface area (Å²) < 4.78 is 95.6. The highest BCUT2D eigenvalue weighted by Crippen LogP contribution is 2.61. The average Bonchev–Trinajstić information content (AvgIpc) is 3.95. The van der Waals surface area contributed by atoms with Crippen LogP contribution in [0.4, 0.5) is 11.6 Å². The number of imidazole rings is 1. The standard InChI is InChI=1S/C34H52N11O24P5S2/c1-17-21(6-9-63-72(57,58)68-71(54,55)56)76-32(44(17)12-19-11-39-18(2)43-27(19)35)33(50)75-10-8-37-22(46)5-7-38-30(49)26(48)34(3,4)14-65-74(61,62)69-73(59,60)64-13-20-25(67-70(51,52)53)24(47)31(66-20)45-16-42-23-28(36)40-15-41-29(23)45/h11,15-16,20,24-26,31,47-48H,5-10,12-14H2,1-4H3,(H12-,35,36,37,38,39,40,41,43,46,49,51,52,53,54,55,56,57,58,59,60,61,62)/p+1/t20-,24-,25-,26+,31-/m1/s1. The lowest BCUT2D eigenvalue weighted by Gasteiger charge is -2.30. The molecule has 4 aromatic rings. The van der Waals surface area contributed by atoms with Gasteiger partial charge >= 0.3 is 44.1 Å². The first-order chi connectivity index (χ1) is 35.1. The SMILES string of the molecule is Cc1ncc(C[n+]2c(C(=O)SCCNC(=O)CCNC(=O)[C@H](O)C(C)(C)COP(=O)(O)OP(=O)(O)OC[C@H]3O[C@@H](n4cnc5c(N)ncnc54)[C@H](O)[C@@H]3OP(=O)(O)O)sc(CCOP(=O)(O)OP(=O)(O)O)c2C)c(N)n1. The maximum absolute atomic E-state index is 13.5. The summed E-state index contributed by atoms with van der Waals surface area (Å²) >= 11 is 1.81. The molecule has 15 N–H and O–H groups in total. The number of rotatable bonds is 28. The lowest BCUT2D eigenvalue weighted by atomic mass is 9.87. The second-order valence-corrected chi connectivity index (χ2v) is 25.9. The molecule has 5 rings (SSSR count). The zero-order valence-electron chi connectivity index (χ0n) is 40.0. The number of hydrogen-bond acceptors (Lipinski definition) is 26. The van der Waals surface area contributed by atoms with Crippen molar-refractivity contribution >= 4 is 102 Å². The quantitative estimate of drug-likeness (QED) is 0.0187. The molecule has 8 atom stereocenters. The third kappa shape index (κ3) is 18.2. The smallest absolute Gasteiger partial charge is 0.386 e. The van der Waals surface area contributed by atoms with Crippen molar-refractivity contribution in [2.75, 3.05) is 50.1 Å². The molecular weight excluding hydrogens is 1170 g/mol. The first-order valence-corrected chi connectivity index (χ1v) is 30.8. The first kappa shape index (κ1) is 63.2. The Bertz CT molecular complexity index is 3020. The van der Waals surface area contributed by atoms with E-state index in [0.29, 0.717) is 22.0 Å². The number of phosphoric acid groups is 5. The van der Waals surface area contributed by atoms with Gasteiger partial charge in [0.1, 0.15) is 47.9 Å². The normalized spacial score (nSPS) is 20.2. The highest BCUT2D eigenvalue weighted by atomic mass is 32.2. The number of thioether (sulfide) groups is 1. The number of thiazole rings is 1. The van der Waals surface area contributed by atoms with Gasteiger partial charge in [-0.3, -0.25) is 37.0 Å². The summed E-state index contributed by atoms with van der Waals surface area (Å²) in [5, 5.41) is 26.3. The summed E-state index contributed by atoms with van der Waals surface area (Å²) in [5.41, 5.74) is 11.2. The van der Waals surface area contributed by atoms with Gasteiger partial charge in [-0.15, -0.1) is 0 Å². The van der Waals surface area contributed by atoms with Crippen molar-refractivity contribution in [3.63, 3.8) is 0 Å². The monoisotopic (exact) mass is 1220 g/mol. The topological polar surface area (TPSA) is 533 Å². The summed E-state index contributed by atoms with van der Waals surface area (Å²) in [5.74, 6) is -1.14. The van der Waals surface area contributed by atoms with E-state index in [1.54, 1.807) is 18.4 Å². The van der Waals surface area contributed by atoms with E-state index >= 15 is 0 Å². The van der Waals surface area contributed by atoms with Crippen molar-refractivity contribution in [1.82, 2.24) is 40.1 Å². The van der Waals surface area contributed by atoms with E-state index in [4.69, 9.17) is 35.0 Å². The fraction of sp³-hybridized carbons (Fsp3) is 0.559. The van der Waals surface area contributed by atoms with E-state index in [1.807, 2.05) is 0 Å². The molecule has 1 aliphatic rings. The van der Waals surface area contributed by atoms with Gasteiger partial charge in [-0.25, -0.2) is 47.7 Å². The van der Waals surface area contributed by atoms with Crippen molar-refractivity contribution < 1.29 is 118 Å². The van der Waals surface area contributed by atoms with Crippen LogP contribution in [0.15, 0.2) is 18.9 Å². The molecule has 3 unspecified atom stereocenters. The number of nitrogens with zero attached hydrogens (tertiary/aromatic N) is 7. The number of phosphoric ester groups is 4. The molecule has 4 aromatic heterocycles. The number of aromatic nitrogens is 7. The van der Waals surface area contributed by atoms with Crippen molar-refractivity contribution in [3.05, 3.63) is 45.8 Å². The highest BCUT2D eigenvalue weighted by Gasteiger charge is 2.50. The van der Waals surface area contributed by atoms with Gasteiger partial charge in [0.05, 0.1) is 36.6 Å². The van der Waals surface area contributed by atoms with Crippen LogP contribution in [0.3, 0.4) is 0 Å². The van der Waals surface area contributed by atoms with Gasteiger partial charge in [0, 0.05) is 50.2 Å². The molecule has 0 radical (unpaired) electrons. The van der Waals surface area contributed by atoms with Crippen LogP contribution in [-0.2, 0) is 76.8 Å². The van der Waals surface area contributed by atoms with Crippen molar-refractivity contribution in [1.29, 1.82) is 0 Å². The van der Waals surface area contributed by atoms with Crippen molar-refractivity contribution in [2.24, 2.45) is 5.41 Å². The molecule has 0 spiro atoms. The van der Waals surface area contributed by atoms with Crippen LogP contribution < -0.4 is 26.7 Å². The number of fused-ring (bicyclic) bond motifs is 1. The number of nitrogens with one attached hydrogen (secondary N) is 2. The molecule has 0 aromatic carbocycles. The van der Waals surface area contributed by atoms with Crippen LogP contribution >= 0.6 is 62.2 Å². The van der Waals surface area contributed by atoms with Gasteiger partial charge in [-0.1, -0.05) is 36.9 Å². The minimum Gasteiger partial charge on any atom is -0.386 e. The van der Waals surface area contributed by atoms with Gasteiger partial charge in [-0.2, -0.15) is 13.2 Å². The van der Waals surface area contributed by atoms with Crippen LogP contribution in [0.1, 0.15) is 58.3 Å². The van der Waals surface area contributed by atoms with E-state index in [-0.39, 0.29) is 66.0 Å². The molecule has 35 nitrogen and oxygen atoms in total. The van der Waals surface area contributed by atoms with E-state index in [1.165, 1.54) is 20.0 Å². The summed E-state index contributed by atoms with van der Waals surface area (Å²) in [6, 6.07) is 0. The van der Waals surface area contributed by atoms with Crippen molar-refractivity contribution in [2.45, 2.75) is 77.7 Å². The molecule has 424 valence electrons. The van der Waals surface area contributed by atoms with E-state index in [9.17, 15) is 71.9 Å². The second kappa shape index (κ2) is 25.6. The van der Waals surface area contributed by atoms with Gasteiger partial charge in [0.15, 0.2) is 29.9 Å². The van der Waals surface area contributed by atoms with Gasteiger partial charge in [0.2, 0.25) is 11.8 Å². The number of anilines is 2. The van der Waals surface area contributed by atoms with Gasteiger partial charge in [0.25, 0.3) is 5.12 Å². The number of nitrogens with two attached hydrogens (primary N) is 2. The number of nitrogen functional groups attached to an aromatic ring is 2. The minimum absolute atomic E-state index is 0.00102. The van der Waals surface area contributed by atoms with Gasteiger partial charge in [-0.05, 0) is 6.92 Å². The molecule has 1 fully saturated rings. The summed E-state index contributed by atoms with van der Waals surface area (Å²) in [4.78, 5) is 126. The number of amides is 2. The number of aliphatic hydroxyl groups excluding tert-OH is 2. The molecule has 0 saturated carbocycles. The zero-order chi connectivity index (χ0) is 56.8. The minimum atomic E-state index is -5.65. The molecule has 42 heteroatoms. The average molecular weight is 1220 g/mol. The third-order valence-corrected chi connectivity index (χ3v) is 17.9. The van der Waals surface area contributed by atoms with E-state index in [0.717, 1.165) is 40.3 Å². The predicted octanol–water partition coefficient (Wildman–Crippen LogP) is -0.866. The Hall–Kier alpha value is -3.67. The molecule has 0 bridgehead atoms. The molecule has 76 heavy (non-hydrogen) atoms. The number of hydrogen-bond donors (Lipinski definition) is 13. The van der Waals surface area contributed by atoms with E-state index in [2.05, 4.69) is 53.2 Å². The molecular formula is C34H53N11O24P5S2+. The summed E-state index contributed by atoms with van der Waals surface area (Å²) in [6.45, 7) is 2.65. The number of carbonyl (C=O) groups excluding carboxylic acids is 3. The van der Waals surface area contributed by atoms with Crippen molar-refractivity contribution in [3.8, 4) is 0 Å². The predicted molar refractivity (Wildman–Crippen MR) is 259 cm³/mol. The number of aryl methyl sites for hydroxylation is 1. The van der Waals surface area contributed by atoms with Crippen LogP contribution in [0, 0.1) is 19.3 Å². The summed E-state index contributed by atoms with van der Waals surface area (Å²) in [6.07, 6.45) is -6.01. The maximum atomic E-state index is 13.5. The maximum Gasteiger partial charge on any atom is 0.481 e. The van der Waals surface area contributed by atoms with Crippen LogP contribution in [0.2, 0.25) is 0 Å². The Morgan fingerprint density at radius 3 is 2.24 bits per heavy atom. The lowest BCUT2D eigenvalue weighted by Crippen LogP contribution is -2.46. The molecule has 1 aliphatic heterocycles. The first-order valence-electron chi connectivity index (χ1n) is 21.5. The molecule has 5 heterocycles. The zero-order valence-corrected chi connectivity index (χ0v) is 46.1. The number of aliphatic hydroxyl groups is 2. The van der Waals surface area contributed by atoms with E-state index < -0.39 is 112 Å². The Balaban J connectivity index is 1.07. The third-order valence-electron chi connectivity index (χ3n) is 10.3. The fourth-order valence-electron chi connectivity index (χ4n) is 6.67. The lowest BCUT2D eigenvalue weighted by molar-refractivity contribution is -0.691. The Morgan fingerprint density at radius 2 is 1.58 bits per heavy atom. The summed E-state index contributed by atoms with van der Waals surface area (Å²) in [7, 11) is -27.1. The van der Waals surface area contributed by atoms with Crippen LogP contribution in [0.5, 0.6) is 0 Å². The Morgan fingerprint density at radius 1 is 0.908 bits per heavy atom. The largest absolute Gasteiger partial charge is 0.481 e. The Kier molecular flexibility index (Phi) is 21.3. The van der Waals surface area contributed by atoms with Gasteiger partial charge < -0.3 is 71.3 Å². The van der Waals surface area contributed by atoms with Crippen LogP contribution in [0.25, 0.3) is 11.2 Å². The Labute approximate surface area is 437 Å². The molecule has 2 amide bonds. The molecule has 1 saturated heterocycles. The second-order valence-electron chi connectivity index (χ2n) is 16.7.